The number of alkyl halides is 7. The van der Waals surface area contributed by atoms with Gasteiger partial charge in [0.15, 0.2) is 16.0 Å². The lowest BCUT2D eigenvalue weighted by atomic mass is 10.0. The number of hydrogen-bond donors (Lipinski definition) is 2. The minimum absolute atomic E-state index is 0.0512. The van der Waals surface area contributed by atoms with Crippen LogP contribution in [-0.2, 0) is 12.5 Å². The van der Waals surface area contributed by atoms with Gasteiger partial charge in [-0.3, -0.25) is 14.9 Å². The summed E-state index contributed by atoms with van der Waals surface area (Å²) in [5.41, 5.74) is -2.82. The van der Waals surface area contributed by atoms with Crippen LogP contribution in [-0.4, -0.2) is 38.0 Å². The molecule has 0 atom stereocenters. The molecule has 0 unspecified atom stereocenters. The lowest BCUT2D eigenvalue weighted by molar-refractivity contribution is -0.384. The molecular weight excluding hydrogens is 564 g/mol. The Kier molecular flexibility index (Phi) is 7.75. The first-order valence-corrected chi connectivity index (χ1v) is 11.1. The number of non-ortho nitro benzene ring substituents is 1. The number of nitro benzene ring substituents is 1. The van der Waals surface area contributed by atoms with E-state index in [9.17, 15) is 50.0 Å². The smallest absolute Gasteiger partial charge is 0.390 e. The largest absolute Gasteiger partial charge is 0.460 e. The molecule has 0 aliphatic rings. The summed E-state index contributed by atoms with van der Waals surface area (Å²) in [6, 6.07) is 2.64. The molecule has 0 bridgehead atoms. The molecule has 0 aliphatic heterocycles. The van der Waals surface area contributed by atoms with Gasteiger partial charge in [-0.15, -0.1) is 11.3 Å². The summed E-state index contributed by atoms with van der Waals surface area (Å²) in [4.78, 5) is 30.1. The molecule has 0 saturated heterocycles. The maximum absolute atomic E-state index is 14.4. The van der Waals surface area contributed by atoms with Crippen LogP contribution in [0, 0.1) is 15.9 Å². The second-order valence-electron chi connectivity index (χ2n) is 6.96. The molecule has 3 aromatic rings. The van der Waals surface area contributed by atoms with Crippen LogP contribution in [0.15, 0.2) is 45.1 Å². The predicted molar refractivity (Wildman–Crippen MR) is 112 cm³/mol. The Morgan fingerprint density at radius 2 is 1.84 bits per heavy atom. The molecule has 18 heteroatoms. The van der Waals surface area contributed by atoms with Crippen LogP contribution >= 0.6 is 23.1 Å². The van der Waals surface area contributed by atoms with Crippen LogP contribution in [0.3, 0.4) is 0 Å². The third-order valence-corrected chi connectivity index (χ3v) is 6.56. The van der Waals surface area contributed by atoms with Crippen LogP contribution in [0.25, 0.3) is 0 Å². The Hall–Kier alpha value is -3.38. The third kappa shape index (κ3) is 5.64. The summed E-state index contributed by atoms with van der Waals surface area (Å²) in [6.07, 6.45) is -6.83. The first kappa shape index (κ1) is 28.2. The molecule has 8 nitrogen and oxygen atoms in total. The highest BCUT2D eigenvalue weighted by atomic mass is 32.2. The summed E-state index contributed by atoms with van der Waals surface area (Å²) in [5.74, 6) is -16.7. The molecule has 37 heavy (non-hydrogen) atoms. The van der Waals surface area contributed by atoms with Crippen molar-refractivity contribution in [1.82, 2.24) is 9.97 Å². The van der Waals surface area contributed by atoms with E-state index in [0.717, 1.165) is 41.3 Å². The average molecular weight is 574 g/mol. The quantitative estimate of drug-likeness (QED) is 0.199. The number of aromatic nitrogens is 2. The Bertz CT molecular complexity index is 1350. The number of benzene rings is 1. The second kappa shape index (κ2) is 10.2. The van der Waals surface area contributed by atoms with Crippen molar-refractivity contribution in [2.45, 2.75) is 33.9 Å². The van der Waals surface area contributed by atoms with Crippen molar-refractivity contribution in [3.8, 4) is 0 Å². The van der Waals surface area contributed by atoms with Crippen molar-refractivity contribution in [3.63, 3.8) is 0 Å². The van der Waals surface area contributed by atoms with Crippen molar-refractivity contribution in [1.29, 1.82) is 0 Å². The van der Waals surface area contributed by atoms with Crippen LogP contribution in [0.1, 0.15) is 21.6 Å². The number of thiazole rings is 1. The number of halogens is 8. The molecule has 1 amide bonds. The fourth-order valence-corrected chi connectivity index (χ4v) is 4.52. The van der Waals surface area contributed by atoms with Gasteiger partial charge in [-0.1, -0.05) is 11.8 Å². The average Bonchev–Trinajstić information content (AvgIpc) is 3.27. The number of carbonyl (C=O) groups excluding carboxylic acids is 1. The highest BCUT2D eigenvalue weighted by molar-refractivity contribution is 8.01. The number of carbonyl (C=O) groups is 1. The van der Waals surface area contributed by atoms with Crippen molar-refractivity contribution in [2.24, 2.45) is 0 Å². The molecule has 0 fully saturated rings. The highest BCUT2D eigenvalue weighted by Gasteiger charge is 2.73. The van der Waals surface area contributed by atoms with E-state index in [4.69, 9.17) is 5.11 Å². The fraction of sp³-hybridized carbons (Fsp3) is 0.211. The number of aliphatic hydroxyl groups is 1. The molecule has 0 radical (unpaired) electrons. The van der Waals surface area contributed by atoms with Crippen LogP contribution in [0.4, 0.5) is 46.6 Å². The third-order valence-electron chi connectivity index (χ3n) is 4.49. The van der Waals surface area contributed by atoms with E-state index in [1.165, 1.54) is 5.38 Å². The maximum atomic E-state index is 14.4. The first-order chi connectivity index (χ1) is 17.1. The molecule has 198 valence electrons. The van der Waals surface area contributed by atoms with E-state index >= 15 is 0 Å². The van der Waals surface area contributed by atoms with Gasteiger partial charge in [0.1, 0.15) is 0 Å². The van der Waals surface area contributed by atoms with Crippen molar-refractivity contribution < 1.29 is 49.9 Å². The zero-order valence-corrected chi connectivity index (χ0v) is 19.2. The molecule has 2 heterocycles. The van der Waals surface area contributed by atoms with Gasteiger partial charge in [0.2, 0.25) is 0 Å². The van der Waals surface area contributed by atoms with E-state index in [2.05, 4.69) is 9.97 Å². The van der Waals surface area contributed by atoms with Crippen LogP contribution in [0.2, 0.25) is 0 Å². The van der Waals surface area contributed by atoms with Crippen LogP contribution in [0.5, 0.6) is 0 Å². The molecule has 3 rings (SSSR count). The summed E-state index contributed by atoms with van der Waals surface area (Å²) >= 11 is 1.89. The zero-order chi connectivity index (χ0) is 27.8. The van der Waals surface area contributed by atoms with E-state index in [1.807, 2.05) is 5.32 Å². The molecule has 2 N–H and O–H groups in total. The number of aliphatic hydroxyl groups excluding tert-OH is 1. The first-order valence-electron chi connectivity index (χ1n) is 9.39. The Labute approximate surface area is 208 Å². The summed E-state index contributed by atoms with van der Waals surface area (Å²) in [7, 11) is 0. The SMILES string of the molecule is O=C(Nc1ncc(C(F)(F)C(F)(F)C(F)(F)F)cc1F)c1cc([N+](=O)[O-])ccc1Sc1nc(CO)cs1. The van der Waals surface area contributed by atoms with Gasteiger partial charge in [-0.2, -0.15) is 30.7 Å². The fourth-order valence-electron chi connectivity index (χ4n) is 2.64. The number of hydrogen-bond acceptors (Lipinski definition) is 8. The topological polar surface area (TPSA) is 118 Å². The second-order valence-corrected chi connectivity index (χ2v) is 9.10. The minimum atomic E-state index is -6.66. The summed E-state index contributed by atoms with van der Waals surface area (Å²) < 4.78 is 106. The number of amides is 1. The van der Waals surface area contributed by atoms with E-state index < -0.39 is 57.3 Å². The van der Waals surface area contributed by atoms with Crippen molar-refractivity contribution in [3.05, 3.63) is 68.6 Å². The molecular formula is C19H10F8N4O4S2. The number of pyridine rings is 1. The standard InChI is InChI=1S/C19H10F8N4O4S2/c20-12-3-8(17(21,22)18(23,24)19(25,26)27)5-28-14(12)30-15(33)11-4-10(31(34)35)1-2-13(11)37-16-29-9(6-32)7-36-16/h1-5,7,32H,6H2,(H,28,30,33). The highest BCUT2D eigenvalue weighted by Crippen LogP contribution is 2.51. The zero-order valence-electron chi connectivity index (χ0n) is 17.5. The number of nitrogens with one attached hydrogen (secondary N) is 1. The number of rotatable bonds is 8. The number of nitrogens with zero attached hydrogens (tertiary/aromatic N) is 3. The normalized spacial score (nSPS) is 12.5. The Balaban J connectivity index is 1.93. The monoisotopic (exact) mass is 574 g/mol. The minimum Gasteiger partial charge on any atom is -0.390 e. The van der Waals surface area contributed by atoms with Gasteiger partial charge < -0.3 is 10.4 Å². The van der Waals surface area contributed by atoms with Crippen molar-refractivity contribution >= 4 is 40.5 Å². The van der Waals surface area contributed by atoms with Gasteiger partial charge in [0.25, 0.3) is 11.6 Å². The molecule has 0 spiro atoms. The number of nitro groups is 1. The van der Waals surface area contributed by atoms with Crippen molar-refractivity contribution in [2.75, 3.05) is 5.32 Å². The Morgan fingerprint density at radius 1 is 1.16 bits per heavy atom. The van der Waals surface area contributed by atoms with E-state index in [0.29, 0.717) is 10.0 Å². The molecule has 1 aromatic carbocycles. The maximum Gasteiger partial charge on any atom is 0.460 e. The van der Waals surface area contributed by atoms with Gasteiger partial charge in [0.05, 0.1) is 22.8 Å². The van der Waals surface area contributed by atoms with Gasteiger partial charge in [-0.25, -0.2) is 14.4 Å². The summed E-state index contributed by atoms with van der Waals surface area (Å²) in [5, 5.41) is 23.5. The van der Waals surface area contributed by atoms with E-state index in [-0.39, 0.29) is 23.8 Å². The summed E-state index contributed by atoms with van der Waals surface area (Å²) in [6.45, 7) is -0.389. The van der Waals surface area contributed by atoms with Gasteiger partial charge in [-0.05, 0) is 12.1 Å². The van der Waals surface area contributed by atoms with Crippen LogP contribution < -0.4 is 5.32 Å². The Morgan fingerprint density at radius 3 is 2.38 bits per heavy atom. The number of anilines is 1. The molecule has 0 aliphatic carbocycles. The van der Waals surface area contributed by atoms with E-state index in [1.54, 1.807) is 0 Å². The van der Waals surface area contributed by atoms with Gasteiger partial charge >= 0.3 is 18.0 Å². The lowest BCUT2D eigenvalue weighted by Gasteiger charge is -2.28. The van der Waals surface area contributed by atoms with Gasteiger partial charge in [0, 0.05) is 34.2 Å². The lowest BCUT2D eigenvalue weighted by Crippen LogP contribution is -2.50. The molecule has 2 aromatic heterocycles. The molecule has 0 saturated carbocycles. The predicted octanol–water partition coefficient (Wildman–Crippen LogP) is 5.77.